The number of nitrogens with one attached hydrogen (secondary N) is 1. The first-order valence-corrected chi connectivity index (χ1v) is 8.81. The number of fused-ring (bicyclic) bond motifs is 1. The van der Waals surface area contributed by atoms with Crippen LogP contribution in [-0.2, 0) is 0 Å². The third-order valence-electron chi connectivity index (χ3n) is 4.67. The van der Waals surface area contributed by atoms with Crippen LogP contribution >= 0.6 is 0 Å². The third kappa shape index (κ3) is 3.88. The van der Waals surface area contributed by atoms with Crippen molar-refractivity contribution in [3.63, 3.8) is 0 Å². The van der Waals surface area contributed by atoms with Crippen LogP contribution in [0.25, 0.3) is 6.08 Å². The Morgan fingerprint density at radius 3 is 2.44 bits per heavy atom. The van der Waals surface area contributed by atoms with Gasteiger partial charge < -0.3 is 14.8 Å². The van der Waals surface area contributed by atoms with E-state index in [-0.39, 0.29) is 17.7 Å². The molecular weight excluding hydrogens is 310 g/mol. The highest BCUT2D eigenvalue weighted by atomic mass is 16.5. The predicted molar refractivity (Wildman–Crippen MR) is 103 cm³/mol. The normalized spacial score (nSPS) is 17.3. The quantitative estimate of drug-likeness (QED) is 0.804. The average Bonchev–Trinajstić information content (AvgIpc) is 2.60. The Bertz CT molecular complexity index is 765. The van der Waals surface area contributed by atoms with E-state index in [1.165, 1.54) is 5.56 Å². The third-order valence-corrected chi connectivity index (χ3v) is 4.67. The van der Waals surface area contributed by atoms with Crippen LogP contribution in [0.2, 0.25) is 0 Å². The molecule has 0 spiro atoms. The first-order chi connectivity index (χ1) is 11.9. The van der Waals surface area contributed by atoms with Crippen LogP contribution in [0.3, 0.4) is 0 Å². The molecule has 3 rings (SSSR count). The first-order valence-electron chi connectivity index (χ1n) is 8.81. The summed E-state index contributed by atoms with van der Waals surface area (Å²) in [6, 6.07) is 15.0. The van der Waals surface area contributed by atoms with E-state index in [1.54, 1.807) is 7.11 Å². The van der Waals surface area contributed by atoms with Crippen LogP contribution in [-0.4, -0.2) is 12.7 Å². The van der Waals surface area contributed by atoms with Crippen molar-refractivity contribution in [3.8, 4) is 11.5 Å². The Morgan fingerprint density at radius 2 is 1.76 bits per heavy atom. The second-order valence-corrected chi connectivity index (χ2v) is 7.19. The molecule has 0 saturated carbocycles. The molecule has 1 unspecified atom stereocenters. The van der Waals surface area contributed by atoms with Crippen molar-refractivity contribution in [1.29, 1.82) is 0 Å². The molecule has 0 fully saturated rings. The van der Waals surface area contributed by atoms with E-state index in [2.05, 4.69) is 75.5 Å². The SMILES string of the molecule is COc1cc2c(cc1C(C)N[C@@H](C)c1ccccc1)C=CC(C)(C)O2. The molecule has 0 aromatic heterocycles. The van der Waals surface area contributed by atoms with Crippen LogP contribution in [0.15, 0.2) is 48.5 Å². The fourth-order valence-corrected chi connectivity index (χ4v) is 3.24. The molecule has 1 aliphatic heterocycles. The molecule has 25 heavy (non-hydrogen) atoms. The van der Waals surface area contributed by atoms with Crippen LogP contribution < -0.4 is 14.8 Å². The van der Waals surface area contributed by atoms with Gasteiger partial charge in [0, 0.05) is 29.3 Å². The van der Waals surface area contributed by atoms with Gasteiger partial charge in [-0.25, -0.2) is 0 Å². The summed E-state index contributed by atoms with van der Waals surface area (Å²) in [6.07, 6.45) is 4.23. The molecule has 2 aromatic carbocycles. The summed E-state index contributed by atoms with van der Waals surface area (Å²) in [5.41, 5.74) is 3.22. The highest BCUT2D eigenvalue weighted by Gasteiger charge is 2.24. The van der Waals surface area contributed by atoms with E-state index in [0.29, 0.717) is 0 Å². The van der Waals surface area contributed by atoms with Crippen LogP contribution in [0, 0.1) is 0 Å². The molecule has 1 aliphatic rings. The molecule has 1 heterocycles. The van der Waals surface area contributed by atoms with E-state index in [0.717, 1.165) is 22.6 Å². The van der Waals surface area contributed by atoms with Crippen molar-refractivity contribution in [3.05, 3.63) is 65.2 Å². The Labute approximate surface area is 150 Å². The van der Waals surface area contributed by atoms with E-state index in [4.69, 9.17) is 9.47 Å². The summed E-state index contributed by atoms with van der Waals surface area (Å²) in [6.45, 7) is 8.46. The maximum atomic E-state index is 6.06. The summed E-state index contributed by atoms with van der Waals surface area (Å²) in [7, 11) is 1.71. The molecule has 3 heteroatoms. The minimum Gasteiger partial charge on any atom is -0.496 e. The van der Waals surface area contributed by atoms with Gasteiger partial charge in [-0.2, -0.15) is 0 Å². The maximum Gasteiger partial charge on any atom is 0.131 e. The fraction of sp³-hybridized carbons (Fsp3) is 0.364. The largest absolute Gasteiger partial charge is 0.496 e. The minimum atomic E-state index is -0.286. The van der Waals surface area contributed by atoms with Crippen molar-refractivity contribution in [1.82, 2.24) is 5.32 Å². The van der Waals surface area contributed by atoms with Gasteiger partial charge in [0.15, 0.2) is 0 Å². The van der Waals surface area contributed by atoms with Gasteiger partial charge in [-0.3, -0.25) is 0 Å². The maximum absolute atomic E-state index is 6.06. The molecule has 0 aliphatic carbocycles. The second-order valence-electron chi connectivity index (χ2n) is 7.19. The molecule has 1 N–H and O–H groups in total. The van der Waals surface area contributed by atoms with Gasteiger partial charge in [0.2, 0.25) is 0 Å². The molecule has 2 aromatic rings. The van der Waals surface area contributed by atoms with Gasteiger partial charge in [-0.1, -0.05) is 36.4 Å². The Kier molecular flexibility index (Phi) is 4.87. The van der Waals surface area contributed by atoms with Crippen molar-refractivity contribution in [2.45, 2.75) is 45.4 Å². The number of benzene rings is 2. The van der Waals surface area contributed by atoms with Gasteiger partial charge in [0.05, 0.1) is 7.11 Å². The molecule has 0 saturated heterocycles. The smallest absolute Gasteiger partial charge is 0.131 e. The number of methoxy groups -OCH3 is 1. The standard InChI is InChI=1S/C22H27NO2/c1-15(17-9-7-6-8-10-17)23-16(2)19-13-18-11-12-22(3,4)25-20(18)14-21(19)24-5/h6-16,23H,1-5H3/t15-,16?/m0/s1. The van der Waals surface area contributed by atoms with Crippen molar-refractivity contribution in [2.24, 2.45) is 0 Å². The number of rotatable bonds is 5. The molecule has 0 amide bonds. The highest BCUT2D eigenvalue weighted by Crippen LogP contribution is 2.38. The van der Waals surface area contributed by atoms with E-state index < -0.39 is 0 Å². The number of hydrogen-bond donors (Lipinski definition) is 1. The Morgan fingerprint density at radius 1 is 1.04 bits per heavy atom. The monoisotopic (exact) mass is 337 g/mol. The summed E-state index contributed by atoms with van der Waals surface area (Å²) >= 11 is 0. The lowest BCUT2D eigenvalue weighted by Crippen LogP contribution is -2.28. The number of hydrogen-bond acceptors (Lipinski definition) is 3. The Balaban J connectivity index is 1.86. The van der Waals surface area contributed by atoms with E-state index in [1.807, 2.05) is 12.1 Å². The zero-order chi connectivity index (χ0) is 18.0. The summed E-state index contributed by atoms with van der Waals surface area (Å²) in [4.78, 5) is 0. The van der Waals surface area contributed by atoms with Gasteiger partial charge in [0.1, 0.15) is 17.1 Å². The lowest BCUT2D eigenvalue weighted by Gasteiger charge is -2.30. The Hall–Kier alpha value is -2.26. The minimum absolute atomic E-state index is 0.152. The van der Waals surface area contributed by atoms with Crippen molar-refractivity contribution >= 4 is 6.08 Å². The van der Waals surface area contributed by atoms with E-state index >= 15 is 0 Å². The van der Waals surface area contributed by atoms with Gasteiger partial charge in [-0.15, -0.1) is 0 Å². The summed E-state index contributed by atoms with van der Waals surface area (Å²) in [5, 5.41) is 3.67. The van der Waals surface area contributed by atoms with Crippen LogP contribution in [0.4, 0.5) is 0 Å². The van der Waals surface area contributed by atoms with Crippen molar-refractivity contribution in [2.75, 3.05) is 7.11 Å². The van der Waals surface area contributed by atoms with Gasteiger partial charge in [0.25, 0.3) is 0 Å². The zero-order valence-electron chi connectivity index (χ0n) is 15.7. The molecular formula is C22H27NO2. The molecule has 3 nitrogen and oxygen atoms in total. The summed E-state index contributed by atoms with van der Waals surface area (Å²) in [5.74, 6) is 1.72. The second kappa shape index (κ2) is 6.93. The van der Waals surface area contributed by atoms with Gasteiger partial charge >= 0.3 is 0 Å². The zero-order valence-corrected chi connectivity index (χ0v) is 15.7. The fourth-order valence-electron chi connectivity index (χ4n) is 3.24. The molecule has 0 radical (unpaired) electrons. The van der Waals surface area contributed by atoms with Gasteiger partial charge in [-0.05, 0) is 45.4 Å². The first kappa shape index (κ1) is 17.6. The van der Waals surface area contributed by atoms with E-state index in [9.17, 15) is 0 Å². The summed E-state index contributed by atoms with van der Waals surface area (Å²) < 4.78 is 11.7. The topological polar surface area (TPSA) is 30.5 Å². The van der Waals surface area contributed by atoms with Crippen LogP contribution in [0.5, 0.6) is 11.5 Å². The molecule has 0 bridgehead atoms. The molecule has 2 atom stereocenters. The highest BCUT2D eigenvalue weighted by molar-refractivity contribution is 5.64. The number of ether oxygens (including phenoxy) is 2. The van der Waals surface area contributed by atoms with Crippen molar-refractivity contribution < 1.29 is 9.47 Å². The average molecular weight is 337 g/mol. The lowest BCUT2D eigenvalue weighted by atomic mass is 9.97. The molecule has 132 valence electrons. The van der Waals surface area contributed by atoms with Crippen LogP contribution in [0.1, 0.15) is 56.5 Å². The lowest BCUT2D eigenvalue weighted by molar-refractivity contribution is 0.158. The predicted octanol–water partition coefficient (Wildman–Crippen LogP) is 5.29.